The zero-order valence-corrected chi connectivity index (χ0v) is 25.3. The minimum absolute atomic E-state index is 0.0989. The van der Waals surface area contributed by atoms with Gasteiger partial charge in [0.25, 0.3) is 11.8 Å². The minimum Gasteiger partial charge on any atom is -0.324 e. The number of hydrogen-bond acceptors (Lipinski definition) is 4. The fraction of sp³-hybridized carbons (Fsp3) is 0.121. The molecule has 3 amide bonds. The van der Waals surface area contributed by atoms with Gasteiger partial charge in [0, 0.05) is 21.2 Å². The van der Waals surface area contributed by atoms with Crippen LogP contribution in [0.1, 0.15) is 34.8 Å². The third-order valence-corrected chi connectivity index (χ3v) is 8.15. The maximum atomic E-state index is 13.5. The van der Waals surface area contributed by atoms with Crippen molar-refractivity contribution in [2.45, 2.75) is 30.4 Å². The topological polar surface area (TPSA) is 87.3 Å². The van der Waals surface area contributed by atoms with Crippen LogP contribution in [-0.4, -0.2) is 23.0 Å². The number of halogens is 2. The minimum atomic E-state index is -0.480. The lowest BCUT2D eigenvalue weighted by molar-refractivity contribution is -0.116. The molecule has 0 aliphatic carbocycles. The van der Waals surface area contributed by atoms with Crippen LogP contribution in [0.15, 0.2) is 108 Å². The summed E-state index contributed by atoms with van der Waals surface area (Å²) in [5, 5.41) is 8.94. The smallest absolute Gasteiger partial charge is 0.272 e. The number of benzene rings is 4. The Balaban J connectivity index is 1.51. The highest BCUT2D eigenvalue weighted by Gasteiger charge is 2.20. The lowest BCUT2D eigenvalue weighted by Crippen LogP contribution is -2.30. The van der Waals surface area contributed by atoms with E-state index < -0.39 is 17.1 Å². The van der Waals surface area contributed by atoms with E-state index in [0.717, 1.165) is 16.0 Å². The molecule has 214 valence electrons. The molecule has 0 aromatic heterocycles. The van der Waals surface area contributed by atoms with Crippen molar-refractivity contribution in [1.29, 1.82) is 0 Å². The Morgan fingerprint density at radius 1 is 0.857 bits per heavy atom. The van der Waals surface area contributed by atoms with Gasteiger partial charge in [0.2, 0.25) is 5.91 Å². The third-order valence-electron chi connectivity index (χ3n) is 6.24. The summed E-state index contributed by atoms with van der Waals surface area (Å²) in [7, 11) is 0. The Bertz CT molecular complexity index is 1630. The molecule has 1 unspecified atom stereocenters. The van der Waals surface area contributed by atoms with E-state index in [2.05, 4.69) is 16.0 Å². The first kappa shape index (κ1) is 30.9. The van der Waals surface area contributed by atoms with Crippen LogP contribution in [0.4, 0.5) is 11.4 Å². The first-order valence-corrected chi connectivity index (χ1v) is 14.8. The summed E-state index contributed by atoms with van der Waals surface area (Å²) in [5.41, 5.74) is 3.30. The van der Waals surface area contributed by atoms with Gasteiger partial charge in [-0.05, 0) is 79.1 Å². The largest absolute Gasteiger partial charge is 0.324 e. The van der Waals surface area contributed by atoms with E-state index in [9.17, 15) is 14.4 Å². The van der Waals surface area contributed by atoms with Gasteiger partial charge in [-0.2, -0.15) is 0 Å². The van der Waals surface area contributed by atoms with Gasteiger partial charge in [-0.25, -0.2) is 0 Å². The summed E-state index contributed by atoms with van der Waals surface area (Å²) in [6, 6.07) is 28.4. The van der Waals surface area contributed by atoms with E-state index in [0.29, 0.717) is 33.4 Å². The zero-order chi connectivity index (χ0) is 30.1. The number of amides is 3. The van der Waals surface area contributed by atoms with Crippen molar-refractivity contribution >= 4 is 70.1 Å². The molecule has 4 aromatic carbocycles. The Hall–Kier alpha value is -4.04. The number of nitrogens with one attached hydrogen (secondary N) is 3. The van der Waals surface area contributed by atoms with Gasteiger partial charge in [0.15, 0.2) is 0 Å². The summed E-state index contributed by atoms with van der Waals surface area (Å²) in [4.78, 5) is 40.2. The molecule has 0 heterocycles. The summed E-state index contributed by atoms with van der Waals surface area (Å²) in [6.45, 7) is 3.85. The third kappa shape index (κ3) is 8.49. The molecule has 0 saturated carbocycles. The van der Waals surface area contributed by atoms with Gasteiger partial charge in [-0.1, -0.05) is 78.7 Å². The number of rotatable bonds is 10. The molecule has 0 radical (unpaired) electrons. The molecule has 0 saturated heterocycles. The van der Waals surface area contributed by atoms with E-state index in [-0.39, 0.29) is 11.6 Å². The molecular formula is C33H29Cl2N3O3S. The highest BCUT2D eigenvalue weighted by Crippen LogP contribution is 2.31. The first-order valence-electron chi connectivity index (χ1n) is 13.2. The van der Waals surface area contributed by atoms with Gasteiger partial charge in [-0.15, -0.1) is 11.8 Å². The van der Waals surface area contributed by atoms with Gasteiger partial charge in [0.1, 0.15) is 5.70 Å². The highest BCUT2D eigenvalue weighted by atomic mass is 35.5. The van der Waals surface area contributed by atoms with Crippen LogP contribution in [0.2, 0.25) is 10.0 Å². The molecular weight excluding hydrogens is 589 g/mol. The van der Waals surface area contributed by atoms with Gasteiger partial charge >= 0.3 is 0 Å². The normalized spacial score (nSPS) is 11.9. The molecule has 4 aromatic rings. The van der Waals surface area contributed by atoms with Crippen molar-refractivity contribution in [3.8, 4) is 0 Å². The zero-order valence-electron chi connectivity index (χ0n) is 23.0. The average molecular weight is 619 g/mol. The summed E-state index contributed by atoms with van der Waals surface area (Å²) < 4.78 is 0. The lowest BCUT2D eigenvalue weighted by Gasteiger charge is -2.16. The summed E-state index contributed by atoms with van der Waals surface area (Å²) in [6.07, 6.45) is 2.22. The summed E-state index contributed by atoms with van der Waals surface area (Å²) >= 11 is 13.6. The number of hydrogen-bond donors (Lipinski definition) is 3. The molecule has 0 spiro atoms. The van der Waals surface area contributed by atoms with Crippen LogP contribution in [0.25, 0.3) is 6.08 Å². The second-order valence-electron chi connectivity index (χ2n) is 9.34. The van der Waals surface area contributed by atoms with Crippen molar-refractivity contribution in [1.82, 2.24) is 5.32 Å². The maximum absolute atomic E-state index is 13.5. The Morgan fingerprint density at radius 2 is 1.60 bits per heavy atom. The Morgan fingerprint density at radius 3 is 2.31 bits per heavy atom. The van der Waals surface area contributed by atoms with Gasteiger partial charge in [-0.3, -0.25) is 14.4 Å². The van der Waals surface area contributed by atoms with Crippen molar-refractivity contribution in [2.75, 3.05) is 10.6 Å². The fourth-order valence-electron chi connectivity index (χ4n) is 3.98. The van der Waals surface area contributed by atoms with Crippen LogP contribution < -0.4 is 16.0 Å². The van der Waals surface area contributed by atoms with E-state index >= 15 is 0 Å². The predicted octanol–water partition coefficient (Wildman–Crippen LogP) is 8.22. The molecule has 1 atom stereocenters. The number of thioether (sulfide) groups is 1. The number of anilines is 2. The van der Waals surface area contributed by atoms with Crippen LogP contribution in [0.3, 0.4) is 0 Å². The number of aryl methyl sites for hydroxylation is 1. The highest BCUT2D eigenvalue weighted by molar-refractivity contribution is 8.00. The summed E-state index contributed by atoms with van der Waals surface area (Å²) in [5.74, 6) is -1.08. The van der Waals surface area contributed by atoms with Crippen LogP contribution >= 0.6 is 35.0 Å². The molecule has 6 nitrogen and oxygen atoms in total. The predicted molar refractivity (Wildman–Crippen MR) is 173 cm³/mol. The van der Waals surface area contributed by atoms with Crippen LogP contribution in [0, 0.1) is 6.92 Å². The first-order chi connectivity index (χ1) is 20.2. The standard InChI is InChI=1S/C33H29Cl2N3O3S/c1-3-30(33(41)37-28-17-16-24(34)19-27(28)35)42-26-15-9-14-25(20-26)36-32(40)29(18-23-13-8-7-10-21(23)2)38-31(39)22-11-5-4-6-12-22/h4-20,30H,3H2,1-2H3,(H,36,40)(H,37,41)(H,38,39)/b29-18-. The van der Waals surface area contributed by atoms with Crippen molar-refractivity contribution in [2.24, 2.45) is 0 Å². The molecule has 9 heteroatoms. The quantitative estimate of drug-likeness (QED) is 0.124. The van der Waals surface area contributed by atoms with Crippen molar-refractivity contribution in [3.05, 3.63) is 129 Å². The van der Waals surface area contributed by atoms with E-state index in [1.165, 1.54) is 11.8 Å². The average Bonchev–Trinajstić information content (AvgIpc) is 2.98. The Labute approximate surface area is 259 Å². The fourth-order valence-corrected chi connectivity index (χ4v) is 5.45. The van der Waals surface area contributed by atoms with E-state index in [1.54, 1.807) is 66.7 Å². The molecule has 0 aliphatic rings. The van der Waals surface area contributed by atoms with Crippen molar-refractivity contribution in [3.63, 3.8) is 0 Å². The molecule has 4 rings (SSSR count). The van der Waals surface area contributed by atoms with E-state index in [1.807, 2.05) is 50.2 Å². The van der Waals surface area contributed by atoms with Crippen molar-refractivity contribution < 1.29 is 14.4 Å². The van der Waals surface area contributed by atoms with Gasteiger partial charge < -0.3 is 16.0 Å². The number of carbonyl (C=O) groups excluding carboxylic acids is 3. The maximum Gasteiger partial charge on any atom is 0.272 e. The Kier molecular flexibility index (Phi) is 10.8. The SMILES string of the molecule is CCC(Sc1cccc(NC(=O)/C(=C/c2ccccc2C)NC(=O)c2ccccc2)c1)C(=O)Nc1ccc(Cl)cc1Cl. The monoisotopic (exact) mass is 617 g/mol. The van der Waals surface area contributed by atoms with Gasteiger partial charge in [0.05, 0.1) is 16.0 Å². The molecule has 0 fully saturated rings. The van der Waals surface area contributed by atoms with Crippen LogP contribution in [0.5, 0.6) is 0 Å². The van der Waals surface area contributed by atoms with E-state index in [4.69, 9.17) is 23.2 Å². The van der Waals surface area contributed by atoms with Crippen LogP contribution in [-0.2, 0) is 9.59 Å². The molecule has 3 N–H and O–H groups in total. The second kappa shape index (κ2) is 14.7. The molecule has 0 bridgehead atoms. The lowest BCUT2D eigenvalue weighted by atomic mass is 10.1. The molecule has 0 aliphatic heterocycles. The number of carbonyl (C=O) groups is 3. The second-order valence-corrected chi connectivity index (χ2v) is 11.5. The molecule has 42 heavy (non-hydrogen) atoms.